The number of benzene rings is 3. The quantitative estimate of drug-likeness (QED) is 0.344. The van der Waals surface area contributed by atoms with Crippen molar-refractivity contribution in [2.24, 2.45) is 15.2 Å². The smallest absolute Gasteiger partial charge is 0.124 e. The van der Waals surface area contributed by atoms with E-state index in [0.29, 0.717) is 22.0 Å². The Balaban J connectivity index is 1.83. The molecule has 3 rings (SSSR count). The second kappa shape index (κ2) is 8.25. The number of hydrogen-bond acceptors (Lipinski definition) is 4. The third kappa shape index (κ3) is 4.77. The Hall–Kier alpha value is -2.50. The summed E-state index contributed by atoms with van der Waals surface area (Å²) in [5, 5.41) is 19.1. The molecule has 0 aliphatic carbocycles. The van der Waals surface area contributed by atoms with E-state index in [1.54, 1.807) is 30.5 Å². The molecule has 0 aromatic heterocycles. The van der Waals surface area contributed by atoms with E-state index < -0.39 is 0 Å². The first-order valence-electron chi connectivity index (χ1n) is 7.82. The predicted octanol–water partition coefficient (Wildman–Crippen LogP) is 7.28. The van der Waals surface area contributed by atoms with Crippen LogP contribution in [0.15, 0.2) is 80.4 Å². The summed E-state index contributed by atoms with van der Waals surface area (Å²) in [4.78, 5) is 4.36. The Morgan fingerprint density at radius 1 is 0.923 bits per heavy atom. The molecule has 4 nitrogen and oxygen atoms in total. The average Bonchev–Trinajstić information content (AvgIpc) is 2.63. The zero-order valence-electron chi connectivity index (χ0n) is 13.9. The minimum atomic E-state index is 0.119. The Morgan fingerprint density at radius 2 is 1.65 bits per heavy atom. The Kier molecular flexibility index (Phi) is 5.81. The van der Waals surface area contributed by atoms with Crippen molar-refractivity contribution >= 4 is 50.8 Å². The van der Waals surface area contributed by atoms with E-state index in [1.807, 2.05) is 43.3 Å². The fourth-order valence-electron chi connectivity index (χ4n) is 2.17. The first kappa shape index (κ1) is 18.3. The van der Waals surface area contributed by atoms with Crippen LogP contribution in [0.3, 0.4) is 0 Å². The van der Waals surface area contributed by atoms with Crippen LogP contribution in [-0.4, -0.2) is 11.3 Å². The maximum Gasteiger partial charge on any atom is 0.124 e. The largest absolute Gasteiger partial charge is 0.507 e. The average molecular weight is 429 g/mol. The zero-order valence-corrected chi connectivity index (χ0v) is 16.2. The minimum absolute atomic E-state index is 0.119. The number of aryl methyl sites for hydroxylation is 1. The molecule has 3 aromatic rings. The third-order valence-electron chi connectivity index (χ3n) is 3.61. The lowest BCUT2D eigenvalue weighted by Gasteiger charge is -2.01. The predicted molar refractivity (Wildman–Crippen MR) is 110 cm³/mol. The summed E-state index contributed by atoms with van der Waals surface area (Å²) in [6.07, 6.45) is 1.58. The van der Waals surface area contributed by atoms with Gasteiger partial charge >= 0.3 is 0 Å². The first-order chi connectivity index (χ1) is 12.5. The molecule has 1 N–H and O–H groups in total. The number of phenols is 1. The summed E-state index contributed by atoms with van der Waals surface area (Å²) >= 11 is 9.51. The Labute approximate surface area is 165 Å². The highest BCUT2D eigenvalue weighted by atomic mass is 79.9. The van der Waals surface area contributed by atoms with Crippen LogP contribution in [0.1, 0.15) is 11.1 Å². The lowest BCUT2D eigenvalue weighted by atomic mass is 10.2. The van der Waals surface area contributed by atoms with Gasteiger partial charge in [0.15, 0.2) is 0 Å². The van der Waals surface area contributed by atoms with Gasteiger partial charge in [-0.3, -0.25) is 4.99 Å². The molecule has 0 unspecified atom stereocenters. The van der Waals surface area contributed by atoms with Gasteiger partial charge in [0.25, 0.3) is 0 Å². The number of azo groups is 1. The van der Waals surface area contributed by atoms with Crippen molar-refractivity contribution < 1.29 is 5.11 Å². The number of aliphatic imine (C=N–C) groups is 1. The van der Waals surface area contributed by atoms with Gasteiger partial charge in [0.05, 0.1) is 17.1 Å². The molecule has 0 spiro atoms. The Morgan fingerprint density at radius 3 is 2.38 bits per heavy atom. The molecular formula is C20H15BrClN3O. The van der Waals surface area contributed by atoms with Gasteiger partial charge in [-0.2, -0.15) is 10.2 Å². The van der Waals surface area contributed by atoms with Crippen molar-refractivity contribution in [2.45, 2.75) is 6.92 Å². The molecule has 26 heavy (non-hydrogen) atoms. The van der Waals surface area contributed by atoms with Crippen LogP contribution >= 0.6 is 27.5 Å². The van der Waals surface area contributed by atoms with Crippen LogP contribution in [0.2, 0.25) is 5.02 Å². The molecule has 130 valence electrons. The van der Waals surface area contributed by atoms with E-state index in [9.17, 15) is 5.11 Å². The molecule has 0 saturated heterocycles. The maximum atomic E-state index is 10.0. The van der Waals surface area contributed by atoms with Crippen LogP contribution in [-0.2, 0) is 0 Å². The van der Waals surface area contributed by atoms with Crippen molar-refractivity contribution in [3.63, 3.8) is 0 Å². The zero-order chi connectivity index (χ0) is 18.5. The fraction of sp³-hybridized carbons (Fsp3) is 0.0500. The van der Waals surface area contributed by atoms with Gasteiger partial charge in [-0.05, 0) is 61.0 Å². The van der Waals surface area contributed by atoms with Crippen LogP contribution in [0.4, 0.5) is 17.1 Å². The summed E-state index contributed by atoms with van der Waals surface area (Å²) in [5.41, 5.74) is 3.60. The van der Waals surface area contributed by atoms with E-state index in [1.165, 1.54) is 0 Å². The van der Waals surface area contributed by atoms with Gasteiger partial charge in [-0.25, -0.2) is 0 Å². The van der Waals surface area contributed by atoms with Crippen molar-refractivity contribution in [3.05, 3.63) is 81.3 Å². The van der Waals surface area contributed by atoms with E-state index in [-0.39, 0.29) is 5.75 Å². The number of hydrogen-bond donors (Lipinski definition) is 1. The topological polar surface area (TPSA) is 57.3 Å². The molecule has 0 amide bonds. The van der Waals surface area contributed by atoms with E-state index in [4.69, 9.17) is 11.6 Å². The summed E-state index contributed by atoms with van der Waals surface area (Å²) in [5.74, 6) is 0.119. The summed E-state index contributed by atoms with van der Waals surface area (Å²) in [6, 6.07) is 18.1. The molecule has 6 heteroatoms. The Bertz CT molecular complexity index is 1000. The van der Waals surface area contributed by atoms with Gasteiger partial charge < -0.3 is 5.11 Å². The monoisotopic (exact) mass is 427 g/mol. The highest BCUT2D eigenvalue weighted by Gasteiger charge is 2.02. The van der Waals surface area contributed by atoms with Gasteiger partial charge in [0.2, 0.25) is 0 Å². The fourth-order valence-corrected chi connectivity index (χ4v) is 2.73. The third-order valence-corrected chi connectivity index (χ3v) is 4.51. The summed E-state index contributed by atoms with van der Waals surface area (Å²) in [7, 11) is 0. The molecule has 0 fully saturated rings. The second-order valence-corrected chi connectivity index (χ2v) is 6.94. The first-order valence-corrected chi connectivity index (χ1v) is 8.99. The SMILES string of the molecule is Cc1ccc(N=Cc2cc(N=Nc3cccc(Br)c3)ccc2O)cc1Cl. The number of phenolic OH excluding ortho intramolecular Hbond substituents is 1. The van der Waals surface area contributed by atoms with Crippen molar-refractivity contribution in [1.82, 2.24) is 0 Å². The molecule has 0 atom stereocenters. The van der Waals surface area contributed by atoms with Crippen molar-refractivity contribution in [3.8, 4) is 5.75 Å². The molecule has 0 saturated carbocycles. The molecule has 0 bridgehead atoms. The van der Waals surface area contributed by atoms with Crippen LogP contribution in [0, 0.1) is 6.92 Å². The standard InChI is InChI=1S/C20H15BrClN3O/c1-13-5-6-16(11-19(13)22)23-12-14-9-18(7-8-20(14)26)25-24-17-4-2-3-15(21)10-17/h2-12,26H,1H3. The number of halogens is 2. The highest BCUT2D eigenvalue weighted by Crippen LogP contribution is 2.26. The van der Waals surface area contributed by atoms with Gasteiger partial charge in [-0.15, -0.1) is 0 Å². The van der Waals surface area contributed by atoms with Crippen LogP contribution in [0.5, 0.6) is 5.75 Å². The van der Waals surface area contributed by atoms with Crippen LogP contribution in [0.25, 0.3) is 0 Å². The number of nitrogens with zero attached hydrogens (tertiary/aromatic N) is 3. The maximum absolute atomic E-state index is 10.0. The number of rotatable bonds is 4. The lowest BCUT2D eigenvalue weighted by molar-refractivity contribution is 0.474. The van der Waals surface area contributed by atoms with Crippen molar-refractivity contribution in [2.75, 3.05) is 0 Å². The lowest BCUT2D eigenvalue weighted by Crippen LogP contribution is -1.82. The molecule has 0 aliphatic rings. The molecule has 0 heterocycles. The molecule has 0 radical (unpaired) electrons. The summed E-state index contributed by atoms with van der Waals surface area (Å²) < 4.78 is 0.934. The molecule has 0 aliphatic heterocycles. The van der Waals surface area contributed by atoms with Gasteiger partial charge in [-0.1, -0.05) is 39.7 Å². The molecular weight excluding hydrogens is 414 g/mol. The normalized spacial score (nSPS) is 11.5. The van der Waals surface area contributed by atoms with E-state index in [0.717, 1.165) is 15.7 Å². The summed E-state index contributed by atoms with van der Waals surface area (Å²) in [6.45, 7) is 1.93. The molecule has 3 aromatic carbocycles. The number of aromatic hydroxyl groups is 1. The van der Waals surface area contributed by atoms with Gasteiger partial charge in [0, 0.05) is 21.3 Å². The van der Waals surface area contributed by atoms with E-state index >= 15 is 0 Å². The van der Waals surface area contributed by atoms with E-state index in [2.05, 4.69) is 31.2 Å². The van der Waals surface area contributed by atoms with Crippen molar-refractivity contribution in [1.29, 1.82) is 0 Å². The second-order valence-electron chi connectivity index (χ2n) is 5.61. The van der Waals surface area contributed by atoms with Crippen LogP contribution < -0.4 is 0 Å². The highest BCUT2D eigenvalue weighted by molar-refractivity contribution is 9.10. The minimum Gasteiger partial charge on any atom is -0.507 e. The van der Waals surface area contributed by atoms with Gasteiger partial charge in [0.1, 0.15) is 5.75 Å².